The van der Waals surface area contributed by atoms with Crippen LogP contribution >= 0.6 is 0 Å². The summed E-state index contributed by atoms with van der Waals surface area (Å²) >= 11 is 0. The zero-order valence-corrected chi connectivity index (χ0v) is 23.0. The van der Waals surface area contributed by atoms with Gasteiger partial charge in [-0.3, -0.25) is 0 Å². The number of hydrogen-bond donors (Lipinski definition) is 0. The fourth-order valence-electron chi connectivity index (χ4n) is 7.15. The first-order valence-electron chi connectivity index (χ1n) is 14.6. The second-order valence-corrected chi connectivity index (χ2v) is 11.1. The number of benzene rings is 6. The highest BCUT2D eigenvalue weighted by Gasteiger charge is 2.23. The van der Waals surface area contributed by atoms with Crippen LogP contribution in [0.5, 0.6) is 0 Å². The standard InChI is InChI=1S/C39H23N3O/c1-6-17-29-26(14-1)38(39-37(40-29)28-16-5-10-23-35(28)43-39)42-32-20-9-4-15-27(32)36-33(21-11-22-34(36)42)41-30-18-7-2-12-24(30)25-13-3-8-19-31(25)41/h1-23H. The van der Waals surface area contributed by atoms with Crippen molar-refractivity contribution in [3.8, 4) is 11.4 Å². The number of fused-ring (bicyclic) bond motifs is 10. The summed E-state index contributed by atoms with van der Waals surface area (Å²) in [5.41, 5.74) is 10.3. The second-order valence-electron chi connectivity index (χ2n) is 11.1. The lowest BCUT2D eigenvalue weighted by Crippen LogP contribution is -1.98. The van der Waals surface area contributed by atoms with Crippen molar-refractivity contribution in [1.29, 1.82) is 0 Å². The van der Waals surface area contributed by atoms with E-state index in [1.54, 1.807) is 0 Å². The topological polar surface area (TPSA) is 35.9 Å². The van der Waals surface area contributed by atoms with Crippen LogP contribution in [0.4, 0.5) is 0 Å². The Hall–Kier alpha value is -5.87. The molecule has 0 spiro atoms. The molecule has 0 saturated heterocycles. The number of pyridine rings is 1. The number of nitrogens with zero attached hydrogens (tertiary/aromatic N) is 3. The molecule has 10 rings (SSSR count). The molecule has 4 nitrogen and oxygen atoms in total. The summed E-state index contributed by atoms with van der Waals surface area (Å²) in [5, 5.41) is 6.98. The van der Waals surface area contributed by atoms with Gasteiger partial charge in [-0.05, 0) is 48.5 Å². The minimum Gasteiger partial charge on any atom is -0.452 e. The van der Waals surface area contributed by atoms with Crippen LogP contribution < -0.4 is 0 Å². The largest absolute Gasteiger partial charge is 0.452 e. The summed E-state index contributed by atoms with van der Waals surface area (Å²) in [6, 6.07) is 49.3. The number of aromatic nitrogens is 3. The molecule has 0 atom stereocenters. The van der Waals surface area contributed by atoms with Gasteiger partial charge in [-0.2, -0.15) is 0 Å². The second kappa shape index (κ2) is 8.34. The average Bonchev–Trinajstić information content (AvgIpc) is 3.72. The highest BCUT2D eigenvalue weighted by atomic mass is 16.3. The Morgan fingerprint density at radius 2 is 1.00 bits per heavy atom. The predicted octanol–water partition coefficient (Wildman–Crippen LogP) is 10.3. The van der Waals surface area contributed by atoms with Crippen LogP contribution in [-0.4, -0.2) is 14.1 Å². The van der Waals surface area contributed by atoms with E-state index in [1.165, 1.54) is 32.6 Å². The van der Waals surface area contributed by atoms with Crippen molar-refractivity contribution in [2.45, 2.75) is 0 Å². The summed E-state index contributed by atoms with van der Waals surface area (Å²) in [6.07, 6.45) is 0. The first kappa shape index (κ1) is 22.8. The van der Waals surface area contributed by atoms with Crippen molar-refractivity contribution in [1.82, 2.24) is 14.1 Å². The van der Waals surface area contributed by atoms with Crippen LogP contribution in [0, 0.1) is 0 Å². The lowest BCUT2D eigenvalue weighted by Gasteiger charge is -2.13. The molecule has 0 aliphatic heterocycles. The van der Waals surface area contributed by atoms with E-state index in [0.29, 0.717) is 0 Å². The van der Waals surface area contributed by atoms with Gasteiger partial charge in [0.25, 0.3) is 0 Å². The molecule has 43 heavy (non-hydrogen) atoms. The lowest BCUT2D eigenvalue weighted by atomic mass is 10.1. The molecule has 0 saturated carbocycles. The van der Waals surface area contributed by atoms with E-state index >= 15 is 0 Å². The first-order valence-corrected chi connectivity index (χ1v) is 14.6. The molecule has 10 aromatic rings. The van der Waals surface area contributed by atoms with Gasteiger partial charge >= 0.3 is 0 Å². The monoisotopic (exact) mass is 549 g/mol. The van der Waals surface area contributed by atoms with Crippen LogP contribution in [0.1, 0.15) is 0 Å². The van der Waals surface area contributed by atoms with Crippen molar-refractivity contribution in [2.75, 3.05) is 0 Å². The Bertz CT molecular complexity index is 2690. The Kier molecular flexibility index (Phi) is 4.42. The third-order valence-electron chi connectivity index (χ3n) is 8.90. The predicted molar refractivity (Wildman–Crippen MR) is 178 cm³/mol. The van der Waals surface area contributed by atoms with E-state index in [2.05, 4.69) is 130 Å². The van der Waals surface area contributed by atoms with Crippen LogP contribution in [0.3, 0.4) is 0 Å². The Morgan fingerprint density at radius 1 is 0.442 bits per heavy atom. The third kappa shape index (κ3) is 2.97. The Balaban J connectivity index is 1.43. The molecule has 6 aromatic carbocycles. The third-order valence-corrected chi connectivity index (χ3v) is 8.90. The van der Waals surface area contributed by atoms with Crippen LogP contribution in [0.25, 0.3) is 88.0 Å². The maximum atomic E-state index is 6.64. The quantitative estimate of drug-likeness (QED) is 0.215. The Morgan fingerprint density at radius 3 is 1.74 bits per heavy atom. The smallest absolute Gasteiger partial charge is 0.178 e. The van der Waals surface area contributed by atoms with Crippen LogP contribution in [0.15, 0.2) is 144 Å². The van der Waals surface area contributed by atoms with Gasteiger partial charge in [-0.1, -0.05) is 91.0 Å². The van der Waals surface area contributed by atoms with Gasteiger partial charge in [0.1, 0.15) is 16.8 Å². The average molecular weight is 550 g/mol. The summed E-state index contributed by atoms with van der Waals surface area (Å²) in [7, 11) is 0. The lowest BCUT2D eigenvalue weighted by molar-refractivity contribution is 0.666. The SMILES string of the molecule is c1ccc2c(-n3c4ccccc4c4c(-n5c6ccccc6c6ccccc65)cccc43)c3oc4ccccc4c3nc2c1. The van der Waals surface area contributed by atoms with Crippen molar-refractivity contribution < 1.29 is 4.42 Å². The molecule has 0 aliphatic carbocycles. The van der Waals surface area contributed by atoms with Crippen molar-refractivity contribution in [2.24, 2.45) is 0 Å². The van der Waals surface area contributed by atoms with E-state index in [4.69, 9.17) is 9.40 Å². The Labute approximate surface area is 245 Å². The zero-order valence-electron chi connectivity index (χ0n) is 23.0. The molecule has 0 radical (unpaired) electrons. The minimum absolute atomic E-state index is 0.796. The number of furan rings is 1. The van der Waals surface area contributed by atoms with Crippen LogP contribution in [0.2, 0.25) is 0 Å². The number of rotatable bonds is 2. The highest BCUT2D eigenvalue weighted by molar-refractivity contribution is 6.19. The molecule has 0 N–H and O–H groups in total. The molecule has 0 bridgehead atoms. The van der Waals surface area contributed by atoms with Crippen molar-refractivity contribution >= 4 is 76.6 Å². The van der Waals surface area contributed by atoms with Gasteiger partial charge in [0.2, 0.25) is 0 Å². The van der Waals surface area contributed by atoms with E-state index in [0.717, 1.165) is 55.4 Å². The van der Waals surface area contributed by atoms with Gasteiger partial charge in [0.15, 0.2) is 5.58 Å². The summed E-state index contributed by atoms with van der Waals surface area (Å²) < 4.78 is 11.5. The van der Waals surface area contributed by atoms with Crippen LogP contribution in [-0.2, 0) is 0 Å². The van der Waals surface area contributed by atoms with Gasteiger partial charge in [0.05, 0.1) is 33.3 Å². The number of hydrogen-bond acceptors (Lipinski definition) is 2. The van der Waals surface area contributed by atoms with Gasteiger partial charge in [-0.25, -0.2) is 4.98 Å². The number of para-hydroxylation sites is 5. The van der Waals surface area contributed by atoms with E-state index in [9.17, 15) is 0 Å². The maximum absolute atomic E-state index is 6.64. The van der Waals surface area contributed by atoms with E-state index in [-0.39, 0.29) is 0 Å². The molecule has 0 amide bonds. The van der Waals surface area contributed by atoms with Gasteiger partial charge in [-0.15, -0.1) is 0 Å². The van der Waals surface area contributed by atoms with Gasteiger partial charge < -0.3 is 13.6 Å². The van der Waals surface area contributed by atoms with Crippen molar-refractivity contribution in [3.05, 3.63) is 140 Å². The molecule has 4 heteroatoms. The molecule has 4 heterocycles. The van der Waals surface area contributed by atoms with E-state index < -0.39 is 0 Å². The minimum atomic E-state index is 0.796. The normalized spacial score (nSPS) is 12.2. The molecule has 0 unspecified atom stereocenters. The molecule has 4 aromatic heterocycles. The first-order chi connectivity index (χ1) is 21.4. The van der Waals surface area contributed by atoms with Gasteiger partial charge in [0, 0.05) is 32.3 Å². The fraction of sp³-hybridized carbons (Fsp3) is 0. The van der Waals surface area contributed by atoms with Crippen molar-refractivity contribution in [3.63, 3.8) is 0 Å². The summed E-state index contributed by atoms with van der Waals surface area (Å²) in [4.78, 5) is 5.11. The molecule has 0 fully saturated rings. The molecule has 0 aliphatic rings. The molecular weight excluding hydrogens is 526 g/mol. The maximum Gasteiger partial charge on any atom is 0.178 e. The molecular formula is C39H23N3O. The summed E-state index contributed by atoms with van der Waals surface area (Å²) in [6.45, 7) is 0. The molecule has 200 valence electrons. The highest BCUT2D eigenvalue weighted by Crippen LogP contribution is 2.43. The van der Waals surface area contributed by atoms with E-state index in [1.807, 2.05) is 18.2 Å². The fourth-order valence-corrected chi connectivity index (χ4v) is 7.15. The summed E-state index contributed by atoms with van der Waals surface area (Å²) in [5.74, 6) is 0. The zero-order chi connectivity index (χ0) is 28.1.